The summed E-state index contributed by atoms with van der Waals surface area (Å²) in [6, 6.07) is 18.3. The van der Waals surface area contributed by atoms with Gasteiger partial charge in [-0.1, -0.05) is 42.5 Å². The van der Waals surface area contributed by atoms with Gasteiger partial charge in [0.25, 0.3) is 0 Å². The predicted molar refractivity (Wildman–Crippen MR) is 78.0 cm³/mol. The summed E-state index contributed by atoms with van der Waals surface area (Å²) < 4.78 is 5.79. The van der Waals surface area contributed by atoms with Crippen LogP contribution in [0.2, 0.25) is 0 Å². The lowest BCUT2D eigenvalue weighted by atomic mass is 10.2. The van der Waals surface area contributed by atoms with Crippen LogP contribution in [0.1, 0.15) is 11.1 Å². The van der Waals surface area contributed by atoms with Crippen LogP contribution in [-0.2, 0) is 13.2 Å². The molecule has 19 heavy (non-hydrogen) atoms. The van der Waals surface area contributed by atoms with Crippen molar-refractivity contribution in [1.29, 1.82) is 0 Å². The summed E-state index contributed by atoms with van der Waals surface area (Å²) in [6.07, 6.45) is 0. The van der Waals surface area contributed by atoms with Crippen LogP contribution in [0.15, 0.2) is 54.6 Å². The molecular weight excluding hydrogens is 236 g/mol. The van der Waals surface area contributed by atoms with Crippen molar-refractivity contribution in [3.05, 3.63) is 65.7 Å². The van der Waals surface area contributed by atoms with Crippen molar-refractivity contribution in [3.8, 4) is 5.75 Å². The summed E-state index contributed by atoms with van der Waals surface area (Å²) in [7, 11) is 0. The molecule has 3 nitrogen and oxygen atoms in total. The van der Waals surface area contributed by atoms with Crippen molar-refractivity contribution in [1.82, 2.24) is 5.32 Å². The zero-order chi connectivity index (χ0) is 13.3. The third-order valence-corrected chi connectivity index (χ3v) is 2.80. The summed E-state index contributed by atoms with van der Waals surface area (Å²) in [5, 5.41) is 3.27. The molecule has 3 N–H and O–H groups in total. The molecule has 0 aliphatic heterocycles. The number of ether oxygens (including phenoxy) is 1. The van der Waals surface area contributed by atoms with E-state index in [2.05, 4.69) is 29.6 Å². The van der Waals surface area contributed by atoms with Gasteiger partial charge in [0.2, 0.25) is 0 Å². The fraction of sp³-hybridized carbons (Fsp3) is 0.250. The van der Waals surface area contributed by atoms with Crippen molar-refractivity contribution in [2.75, 3.05) is 13.1 Å². The Hall–Kier alpha value is -1.84. The molecule has 0 aliphatic carbocycles. The third-order valence-electron chi connectivity index (χ3n) is 2.80. The molecule has 0 saturated heterocycles. The SMILES string of the molecule is NCCNCc1cccc(OCc2ccccc2)c1. The van der Waals surface area contributed by atoms with Crippen LogP contribution in [0.4, 0.5) is 0 Å². The van der Waals surface area contributed by atoms with Gasteiger partial charge in [0.1, 0.15) is 12.4 Å². The minimum Gasteiger partial charge on any atom is -0.489 e. The Kier molecular flexibility index (Phi) is 5.41. The van der Waals surface area contributed by atoms with Crippen LogP contribution >= 0.6 is 0 Å². The van der Waals surface area contributed by atoms with E-state index in [-0.39, 0.29) is 0 Å². The second-order valence-corrected chi connectivity index (χ2v) is 4.39. The summed E-state index contributed by atoms with van der Waals surface area (Å²) >= 11 is 0. The van der Waals surface area contributed by atoms with Crippen LogP contribution in [0.5, 0.6) is 5.75 Å². The third kappa shape index (κ3) is 4.73. The van der Waals surface area contributed by atoms with Gasteiger partial charge < -0.3 is 15.8 Å². The lowest BCUT2D eigenvalue weighted by Crippen LogP contribution is -2.21. The van der Waals surface area contributed by atoms with E-state index < -0.39 is 0 Å². The number of hydrogen-bond acceptors (Lipinski definition) is 3. The number of benzene rings is 2. The van der Waals surface area contributed by atoms with Crippen LogP contribution in [0.25, 0.3) is 0 Å². The van der Waals surface area contributed by atoms with Crippen molar-refractivity contribution >= 4 is 0 Å². The molecule has 2 rings (SSSR count). The van der Waals surface area contributed by atoms with Crippen molar-refractivity contribution < 1.29 is 4.74 Å². The summed E-state index contributed by atoms with van der Waals surface area (Å²) in [4.78, 5) is 0. The van der Waals surface area contributed by atoms with Crippen LogP contribution < -0.4 is 15.8 Å². The van der Waals surface area contributed by atoms with Gasteiger partial charge in [-0.15, -0.1) is 0 Å². The normalized spacial score (nSPS) is 10.4. The van der Waals surface area contributed by atoms with Gasteiger partial charge in [-0.2, -0.15) is 0 Å². The molecule has 0 unspecified atom stereocenters. The largest absolute Gasteiger partial charge is 0.489 e. The zero-order valence-corrected chi connectivity index (χ0v) is 11.0. The second kappa shape index (κ2) is 7.56. The molecule has 2 aromatic rings. The van der Waals surface area contributed by atoms with Gasteiger partial charge in [0, 0.05) is 19.6 Å². The van der Waals surface area contributed by atoms with E-state index in [1.54, 1.807) is 0 Å². The Labute approximate surface area is 114 Å². The van der Waals surface area contributed by atoms with E-state index in [0.717, 1.165) is 18.8 Å². The van der Waals surface area contributed by atoms with E-state index in [0.29, 0.717) is 13.2 Å². The molecule has 0 aliphatic rings. The fourth-order valence-electron chi connectivity index (χ4n) is 1.82. The van der Waals surface area contributed by atoms with Gasteiger partial charge in [-0.3, -0.25) is 0 Å². The molecule has 0 amide bonds. The van der Waals surface area contributed by atoms with Crippen molar-refractivity contribution in [2.45, 2.75) is 13.2 Å². The van der Waals surface area contributed by atoms with E-state index in [4.69, 9.17) is 10.5 Å². The molecular formula is C16H20N2O. The van der Waals surface area contributed by atoms with E-state index in [1.165, 1.54) is 11.1 Å². The second-order valence-electron chi connectivity index (χ2n) is 4.39. The first-order chi connectivity index (χ1) is 9.38. The predicted octanol–water partition coefficient (Wildman–Crippen LogP) is 2.31. The molecule has 0 atom stereocenters. The van der Waals surface area contributed by atoms with Crippen molar-refractivity contribution in [2.24, 2.45) is 5.73 Å². The first-order valence-electron chi connectivity index (χ1n) is 6.55. The molecule has 2 aromatic carbocycles. The highest BCUT2D eigenvalue weighted by Gasteiger charge is 1.98. The van der Waals surface area contributed by atoms with Crippen LogP contribution in [0, 0.1) is 0 Å². The minimum atomic E-state index is 0.598. The molecule has 0 saturated carbocycles. The van der Waals surface area contributed by atoms with E-state index in [1.807, 2.05) is 30.3 Å². The molecule has 0 radical (unpaired) electrons. The highest BCUT2D eigenvalue weighted by Crippen LogP contribution is 2.15. The standard InChI is InChI=1S/C16H20N2O/c17-9-10-18-12-15-7-4-8-16(11-15)19-13-14-5-2-1-3-6-14/h1-8,11,18H,9-10,12-13,17H2. The lowest BCUT2D eigenvalue weighted by Gasteiger charge is -2.08. The first-order valence-corrected chi connectivity index (χ1v) is 6.55. The number of rotatable bonds is 7. The summed E-state index contributed by atoms with van der Waals surface area (Å²) in [5.41, 5.74) is 7.83. The van der Waals surface area contributed by atoms with Crippen LogP contribution in [0.3, 0.4) is 0 Å². The Bertz CT molecular complexity index is 485. The molecule has 0 spiro atoms. The monoisotopic (exact) mass is 256 g/mol. The average Bonchev–Trinajstić information content (AvgIpc) is 2.47. The average molecular weight is 256 g/mol. The zero-order valence-electron chi connectivity index (χ0n) is 11.0. The Morgan fingerprint density at radius 3 is 2.53 bits per heavy atom. The fourth-order valence-corrected chi connectivity index (χ4v) is 1.82. The number of nitrogens with one attached hydrogen (secondary N) is 1. The highest BCUT2D eigenvalue weighted by molar-refractivity contribution is 5.29. The Morgan fingerprint density at radius 1 is 0.947 bits per heavy atom. The van der Waals surface area contributed by atoms with Crippen LogP contribution in [-0.4, -0.2) is 13.1 Å². The molecule has 0 heterocycles. The number of nitrogens with two attached hydrogens (primary N) is 1. The summed E-state index contributed by atoms with van der Waals surface area (Å²) in [5.74, 6) is 0.899. The van der Waals surface area contributed by atoms with E-state index in [9.17, 15) is 0 Å². The van der Waals surface area contributed by atoms with Gasteiger partial charge >= 0.3 is 0 Å². The quantitative estimate of drug-likeness (QED) is 0.747. The Morgan fingerprint density at radius 2 is 1.74 bits per heavy atom. The summed E-state index contributed by atoms with van der Waals surface area (Å²) in [6.45, 7) is 2.90. The topological polar surface area (TPSA) is 47.3 Å². The smallest absolute Gasteiger partial charge is 0.120 e. The maximum atomic E-state index is 5.79. The molecule has 100 valence electrons. The molecule has 0 bridgehead atoms. The molecule has 3 heteroatoms. The first kappa shape index (κ1) is 13.6. The molecule has 0 fully saturated rings. The van der Waals surface area contributed by atoms with E-state index >= 15 is 0 Å². The maximum absolute atomic E-state index is 5.79. The van der Waals surface area contributed by atoms with Gasteiger partial charge in [0.05, 0.1) is 0 Å². The van der Waals surface area contributed by atoms with Crippen molar-refractivity contribution in [3.63, 3.8) is 0 Å². The Balaban J connectivity index is 1.88. The lowest BCUT2D eigenvalue weighted by molar-refractivity contribution is 0.306. The maximum Gasteiger partial charge on any atom is 0.120 e. The van der Waals surface area contributed by atoms with Gasteiger partial charge in [0.15, 0.2) is 0 Å². The highest BCUT2D eigenvalue weighted by atomic mass is 16.5. The van der Waals surface area contributed by atoms with Gasteiger partial charge in [-0.25, -0.2) is 0 Å². The number of hydrogen-bond donors (Lipinski definition) is 2. The van der Waals surface area contributed by atoms with Gasteiger partial charge in [-0.05, 0) is 23.3 Å². The minimum absolute atomic E-state index is 0.598. The molecule has 0 aromatic heterocycles.